The van der Waals surface area contributed by atoms with Gasteiger partial charge >= 0.3 is 0 Å². The molecule has 1 aliphatic rings. The van der Waals surface area contributed by atoms with Gasteiger partial charge < -0.3 is 5.11 Å². The summed E-state index contributed by atoms with van der Waals surface area (Å²) in [4.78, 5) is 14.7. The second kappa shape index (κ2) is 5.85. The SMILES string of the molecule is CCC(C(=O)c1ccccc1)N1CCCC(C)(O)C1. The first kappa shape index (κ1) is 14.2. The predicted molar refractivity (Wildman–Crippen MR) is 76.3 cm³/mol. The van der Waals surface area contributed by atoms with Crippen molar-refractivity contribution in [1.29, 1.82) is 0 Å². The topological polar surface area (TPSA) is 40.5 Å². The summed E-state index contributed by atoms with van der Waals surface area (Å²) in [5.74, 6) is 0.167. The summed E-state index contributed by atoms with van der Waals surface area (Å²) in [5, 5.41) is 10.2. The maximum Gasteiger partial charge on any atom is 0.179 e. The number of hydrogen-bond donors (Lipinski definition) is 1. The summed E-state index contributed by atoms with van der Waals surface area (Å²) < 4.78 is 0. The number of nitrogens with zero attached hydrogens (tertiary/aromatic N) is 1. The van der Waals surface area contributed by atoms with Gasteiger partial charge in [-0.15, -0.1) is 0 Å². The van der Waals surface area contributed by atoms with Crippen LogP contribution in [0, 0.1) is 0 Å². The molecule has 1 heterocycles. The normalized spacial score (nSPS) is 26.1. The van der Waals surface area contributed by atoms with Crippen LogP contribution in [0.4, 0.5) is 0 Å². The lowest BCUT2D eigenvalue weighted by Gasteiger charge is -2.40. The van der Waals surface area contributed by atoms with Crippen molar-refractivity contribution in [1.82, 2.24) is 4.90 Å². The summed E-state index contributed by atoms with van der Waals surface area (Å²) in [6.07, 6.45) is 2.55. The summed E-state index contributed by atoms with van der Waals surface area (Å²) in [7, 11) is 0. The Labute approximate surface area is 115 Å². The molecular weight excluding hydrogens is 238 g/mol. The largest absolute Gasteiger partial charge is 0.389 e. The van der Waals surface area contributed by atoms with Crippen molar-refractivity contribution in [3.05, 3.63) is 35.9 Å². The lowest BCUT2D eigenvalue weighted by molar-refractivity contribution is -0.0267. The van der Waals surface area contributed by atoms with Gasteiger partial charge in [0.25, 0.3) is 0 Å². The van der Waals surface area contributed by atoms with Gasteiger partial charge in [0.2, 0.25) is 0 Å². The Morgan fingerprint density at radius 2 is 2.11 bits per heavy atom. The number of likely N-dealkylation sites (tertiary alicyclic amines) is 1. The number of piperidine rings is 1. The van der Waals surface area contributed by atoms with E-state index in [0.29, 0.717) is 6.54 Å². The van der Waals surface area contributed by atoms with Gasteiger partial charge in [0.05, 0.1) is 11.6 Å². The third kappa shape index (κ3) is 3.43. The van der Waals surface area contributed by atoms with Crippen LogP contribution in [0.15, 0.2) is 30.3 Å². The Bertz CT molecular complexity index is 428. The van der Waals surface area contributed by atoms with Crippen molar-refractivity contribution in [3.63, 3.8) is 0 Å². The summed E-state index contributed by atoms with van der Waals surface area (Å²) in [6.45, 7) is 5.38. The first-order chi connectivity index (χ1) is 9.03. The first-order valence-corrected chi connectivity index (χ1v) is 7.09. The Balaban J connectivity index is 2.14. The average molecular weight is 261 g/mol. The molecule has 1 aliphatic heterocycles. The lowest BCUT2D eigenvalue weighted by atomic mass is 9.91. The van der Waals surface area contributed by atoms with Gasteiger partial charge in [-0.3, -0.25) is 9.69 Å². The minimum absolute atomic E-state index is 0.117. The smallest absolute Gasteiger partial charge is 0.179 e. The predicted octanol–water partition coefficient (Wildman–Crippen LogP) is 2.49. The summed E-state index contributed by atoms with van der Waals surface area (Å²) >= 11 is 0. The molecule has 2 unspecified atom stereocenters. The number of hydrogen-bond acceptors (Lipinski definition) is 3. The Morgan fingerprint density at radius 3 is 2.68 bits per heavy atom. The van der Waals surface area contributed by atoms with Crippen molar-refractivity contribution in [3.8, 4) is 0 Å². The molecule has 1 aromatic rings. The van der Waals surface area contributed by atoms with E-state index in [0.717, 1.165) is 31.4 Å². The molecule has 0 aliphatic carbocycles. The summed E-state index contributed by atoms with van der Waals surface area (Å²) in [6, 6.07) is 9.33. The highest BCUT2D eigenvalue weighted by Crippen LogP contribution is 2.24. The van der Waals surface area contributed by atoms with Gasteiger partial charge in [-0.05, 0) is 32.7 Å². The van der Waals surface area contributed by atoms with Crippen LogP contribution in [-0.4, -0.2) is 40.5 Å². The Morgan fingerprint density at radius 1 is 1.42 bits per heavy atom. The van der Waals surface area contributed by atoms with Gasteiger partial charge in [0.15, 0.2) is 5.78 Å². The van der Waals surface area contributed by atoms with Crippen molar-refractivity contribution in [2.24, 2.45) is 0 Å². The minimum Gasteiger partial charge on any atom is -0.389 e. The third-order valence-corrected chi connectivity index (χ3v) is 3.89. The highest BCUT2D eigenvalue weighted by Gasteiger charge is 2.34. The number of benzene rings is 1. The number of carbonyl (C=O) groups is 1. The van der Waals surface area contributed by atoms with E-state index in [1.165, 1.54) is 0 Å². The van der Waals surface area contributed by atoms with Crippen LogP contribution in [0.25, 0.3) is 0 Å². The fraction of sp³-hybridized carbons (Fsp3) is 0.562. The molecule has 1 aromatic carbocycles. The number of aliphatic hydroxyl groups is 1. The molecule has 1 fully saturated rings. The van der Waals surface area contributed by atoms with Gasteiger partial charge in [0, 0.05) is 12.1 Å². The molecule has 19 heavy (non-hydrogen) atoms. The molecule has 0 spiro atoms. The van der Waals surface area contributed by atoms with Crippen molar-refractivity contribution < 1.29 is 9.90 Å². The monoisotopic (exact) mass is 261 g/mol. The number of β-amino-alcohol motifs (C(OH)–C–C–N with tert-alkyl or cyclic N) is 1. The summed E-state index contributed by atoms with van der Waals surface area (Å²) in [5.41, 5.74) is 0.0994. The zero-order chi connectivity index (χ0) is 13.9. The standard InChI is InChI=1S/C16H23NO2/c1-3-14(15(18)13-8-5-4-6-9-13)17-11-7-10-16(2,19)12-17/h4-6,8-9,14,19H,3,7,10-12H2,1-2H3. The quantitative estimate of drug-likeness (QED) is 0.847. The minimum atomic E-state index is -0.664. The fourth-order valence-corrected chi connectivity index (χ4v) is 2.93. The van der Waals surface area contributed by atoms with Gasteiger partial charge in [-0.25, -0.2) is 0 Å². The molecule has 0 radical (unpaired) electrons. The maximum absolute atomic E-state index is 12.6. The number of Topliss-reactive ketones (excluding diaryl/α,β-unsaturated/α-hetero) is 1. The molecule has 0 amide bonds. The fourth-order valence-electron chi connectivity index (χ4n) is 2.93. The van der Waals surface area contributed by atoms with E-state index in [2.05, 4.69) is 4.90 Å². The molecule has 104 valence electrons. The third-order valence-electron chi connectivity index (χ3n) is 3.89. The lowest BCUT2D eigenvalue weighted by Crippen LogP contribution is -2.52. The van der Waals surface area contributed by atoms with Crippen LogP contribution in [0.3, 0.4) is 0 Å². The van der Waals surface area contributed by atoms with E-state index < -0.39 is 5.60 Å². The Hall–Kier alpha value is -1.19. The second-order valence-electron chi connectivity index (χ2n) is 5.73. The van der Waals surface area contributed by atoms with Crippen LogP contribution < -0.4 is 0 Å². The molecule has 2 atom stereocenters. The number of ketones is 1. The second-order valence-corrected chi connectivity index (χ2v) is 5.73. The van der Waals surface area contributed by atoms with Crippen molar-refractivity contribution in [2.45, 2.75) is 44.8 Å². The molecule has 1 N–H and O–H groups in total. The zero-order valence-electron chi connectivity index (χ0n) is 11.8. The number of rotatable bonds is 4. The van der Waals surface area contributed by atoms with Crippen molar-refractivity contribution >= 4 is 5.78 Å². The molecule has 0 saturated carbocycles. The maximum atomic E-state index is 12.6. The van der Waals surface area contributed by atoms with E-state index in [1.807, 2.05) is 44.2 Å². The van der Waals surface area contributed by atoms with Crippen LogP contribution in [0.5, 0.6) is 0 Å². The Kier molecular flexibility index (Phi) is 4.38. The van der Waals surface area contributed by atoms with E-state index in [9.17, 15) is 9.90 Å². The highest BCUT2D eigenvalue weighted by molar-refractivity contribution is 6.00. The van der Waals surface area contributed by atoms with E-state index in [1.54, 1.807) is 0 Å². The van der Waals surface area contributed by atoms with Crippen molar-refractivity contribution in [2.75, 3.05) is 13.1 Å². The van der Waals surface area contributed by atoms with Crippen LogP contribution in [-0.2, 0) is 0 Å². The van der Waals surface area contributed by atoms with Gasteiger partial charge in [0.1, 0.15) is 0 Å². The van der Waals surface area contributed by atoms with Crippen LogP contribution >= 0.6 is 0 Å². The molecule has 0 bridgehead atoms. The van der Waals surface area contributed by atoms with Crippen LogP contribution in [0.1, 0.15) is 43.5 Å². The highest BCUT2D eigenvalue weighted by atomic mass is 16.3. The number of carbonyl (C=O) groups excluding carboxylic acids is 1. The van der Waals surface area contributed by atoms with Crippen LogP contribution in [0.2, 0.25) is 0 Å². The van der Waals surface area contributed by atoms with E-state index in [-0.39, 0.29) is 11.8 Å². The molecule has 0 aromatic heterocycles. The van der Waals surface area contributed by atoms with Gasteiger partial charge in [-0.1, -0.05) is 37.3 Å². The molecular formula is C16H23NO2. The molecule has 3 nitrogen and oxygen atoms in total. The molecule has 1 saturated heterocycles. The van der Waals surface area contributed by atoms with Gasteiger partial charge in [-0.2, -0.15) is 0 Å². The van der Waals surface area contributed by atoms with E-state index in [4.69, 9.17) is 0 Å². The first-order valence-electron chi connectivity index (χ1n) is 7.09. The van der Waals surface area contributed by atoms with E-state index >= 15 is 0 Å². The molecule has 2 rings (SSSR count). The molecule has 3 heteroatoms. The average Bonchev–Trinajstić information content (AvgIpc) is 2.39. The zero-order valence-corrected chi connectivity index (χ0v) is 11.8.